The molecule has 0 heterocycles. The highest BCUT2D eigenvalue weighted by Crippen LogP contribution is 2.17. The Labute approximate surface area is 104 Å². The Morgan fingerprint density at radius 2 is 1.82 bits per heavy atom. The molecule has 0 saturated carbocycles. The van der Waals surface area contributed by atoms with Gasteiger partial charge in [0.1, 0.15) is 6.54 Å². The summed E-state index contributed by atoms with van der Waals surface area (Å²) in [6.45, 7) is 7.59. The number of carbonyl (C=O) groups excluding carboxylic acids is 1. The maximum Gasteiger partial charge on any atom is 0.323 e. The molecule has 0 radical (unpaired) electrons. The second kappa shape index (κ2) is 8.09. The third-order valence-electron chi connectivity index (χ3n) is 2.96. The largest absolute Gasteiger partial charge is 0.480 e. The van der Waals surface area contributed by atoms with Crippen LogP contribution < -0.4 is 0 Å². The molecule has 4 nitrogen and oxygen atoms in total. The number of carbonyl (C=O) groups is 2. The molecule has 0 saturated heterocycles. The second-order valence-corrected chi connectivity index (χ2v) is 4.70. The van der Waals surface area contributed by atoms with Crippen molar-refractivity contribution >= 4 is 11.9 Å². The zero-order valence-corrected chi connectivity index (χ0v) is 11.4. The fourth-order valence-corrected chi connectivity index (χ4v) is 1.85. The first-order chi connectivity index (χ1) is 7.93. The first-order valence-electron chi connectivity index (χ1n) is 6.46. The molecular formula is C13H25NO3. The summed E-state index contributed by atoms with van der Waals surface area (Å²) >= 11 is 0. The van der Waals surface area contributed by atoms with Gasteiger partial charge in [0, 0.05) is 12.0 Å². The van der Waals surface area contributed by atoms with Crippen molar-refractivity contribution in [1.82, 2.24) is 4.90 Å². The molecule has 1 atom stereocenters. The number of carboxylic acids is 1. The fourth-order valence-electron chi connectivity index (χ4n) is 1.85. The molecule has 0 aromatic heterocycles. The number of nitrogens with zero attached hydrogens (tertiary/aromatic N) is 1. The summed E-state index contributed by atoms with van der Waals surface area (Å²) < 4.78 is 0. The average molecular weight is 243 g/mol. The number of aliphatic carboxylic acids is 1. The molecule has 0 aliphatic carbocycles. The van der Waals surface area contributed by atoms with Gasteiger partial charge in [0.05, 0.1) is 0 Å². The van der Waals surface area contributed by atoms with Crippen LogP contribution in [0, 0.1) is 5.92 Å². The smallest absolute Gasteiger partial charge is 0.323 e. The maximum absolute atomic E-state index is 12.2. The Hall–Kier alpha value is -1.06. The van der Waals surface area contributed by atoms with Crippen LogP contribution >= 0.6 is 0 Å². The van der Waals surface area contributed by atoms with E-state index in [1.165, 1.54) is 4.90 Å². The van der Waals surface area contributed by atoms with Gasteiger partial charge in [0.15, 0.2) is 0 Å². The first-order valence-corrected chi connectivity index (χ1v) is 6.46. The van der Waals surface area contributed by atoms with Crippen molar-refractivity contribution in [3.05, 3.63) is 0 Å². The van der Waals surface area contributed by atoms with Crippen LogP contribution in [0.15, 0.2) is 0 Å². The van der Waals surface area contributed by atoms with Crippen LogP contribution in [-0.2, 0) is 9.59 Å². The molecule has 0 rings (SSSR count). The van der Waals surface area contributed by atoms with Gasteiger partial charge in [-0.2, -0.15) is 0 Å². The molecule has 100 valence electrons. The zero-order valence-electron chi connectivity index (χ0n) is 11.4. The zero-order chi connectivity index (χ0) is 13.4. The molecule has 0 aromatic rings. The number of hydrogen-bond donors (Lipinski definition) is 1. The van der Waals surface area contributed by atoms with E-state index in [1.807, 2.05) is 20.8 Å². The van der Waals surface area contributed by atoms with E-state index in [2.05, 4.69) is 6.92 Å². The minimum atomic E-state index is -0.947. The Bertz CT molecular complexity index is 251. The van der Waals surface area contributed by atoms with Gasteiger partial charge in [-0.15, -0.1) is 0 Å². The molecule has 1 N–H and O–H groups in total. The highest BCUT2D eigenvalue weighted by Gasteiger charge is 2.25. The predicted molar refractivity (Wildman–Crippen MR) is 67.8 cm³/mol. The van der Waals surface area contributed by atoms with Crippen LogP contribution in [-0.4, -0.2) is 34.5 Å². The molecule has 0 bridgehead atoms. The van der Waals surface area contributed by atoms with Crippen molar-refractivity contribution in [1.29, 1.82) is 0 Å². The quantitative estimate of drug-likeness (QED) is 0.712. The SMILES string of the molecule is CCCCC(CC)C(=O)N(CC(=O)O)C(C)C. The molecule has 0 spiro atoms. The van der Waals surface area contributed by atoms with E-state index in [1.54, 1.807) is 0 Å². The molecule has 4 heteroatoms. The van der Waals surface area contributed by atoms with E-state index in [0.717, 1.165) is 25.7 Å². The van der Waals surface area contributed by atoms with Crippen LogP contribution in [0.3, 0.4) is 0 Å². The lowest BCUT2D eigenvalue weighted by molar-refractivity contribution is -0.148. The van der Waals surface area contributed by atoms with E-state index < -0.39 is 5.97 Å². The first kappa shape index (κ1) is 15.9. The minimum absolute atomic E-state index is 0.0154. The lowest BCUT2D eigenvalue weighted by atomic mass is 9.97. The Balaban J connectivity index is 4.60. The van der Waals surface area contributed by atoms with Gasteiger partial charge in [-0.3, -0.25) is 9.59 Å². The van der Waals surface area contributed by atoms with Gasteiger partial charge in [0.2, 0.25) is 5.91 Å². The van der Waals surface area contributed by atoms with Crippen LogP contribution in [0.4, 0.5) is 0 Å². The molecule has 0 fully saturated rings. The summed E-state index contributed by atoms with van der Waals surface area (Å²) in [6.07, 6.45) is 3.71. The lowest BCUT2D eigenvalue weighted by Gasteiger charge is -2.29. The summed E-state index contributed by atoms with van der Waals surface area (Å²) in [4.78, 5) is 24.4. The summed E-state index contributed by atoms with van der Waals surface area (Å²) in [5.74, 6) is -0.993. The van der Waals surface area contributed by atoms with Crippen molar-refractivity contribution in [2.75, 3.05) is 6.54 Å². The van der Waals surface area contributed by atoms with Crippen LogP contribution in [0.1, 0.15) is 53.4 Å². The summed E-state index contributed by atoms with van der Waals surface area (Å²) in [5, 5.41) is 8.82. The summed E-state index contributed by atoms with van der Waals surface area (Å²) in [5.41, 5.74) is 0. The normalized spacial score (nSPS) is 12.5. The van der Waals surface area contributed by atoms with E-state index in [4.69, 9.17) is 5.11 Å². The van der Waals surface area contributed by atoms with Crippen LogP contribution in [0.2, 0.25) is 0 Å². The topological polar surface area (TPSA) is 57.6 Å². The number of amides is 1. The third-order valence-corrected chi connectivity index (χ3v) is 2.96. The van der Waals surface area contributed by atoms with Gasteiger partial charge >= 0.3 is 5.97 Å². The Morgan fingerprint density at radius 3 is 2.18 bits per heavy atom. The Kier molecular flexibility index (Phi) is 7.59. The molecule has 0 aliphatic rings. The third kappa shape index (κ3) is 5.71. The standard InChI is InChI=1S/C13H25NO3/c1-5-7-8-11(6-2)13(17)14(10(3)4)9-12(15)16/h10-11H,5-9H2,1-4H3,(H,15,16). The van der Waals surface area contributed by atoms with Gasteiger partial charge in [-0.25, -0.2) is 0 Å². The van der Waals surface area contributed by atoms with Crippen molar-refractivity contribution in [2.24, 2.45) is 5.92 Å². The van der Waals surface area contributed by atoms with Crippen molar-refractivity contribution in [3.8, 4) is 0 Å². The minimum Gasteiger partial charge on any atom is -0.480 e. The lowest BCUT2D eigenvalue weighted by Crippen LogP contribution is -2.43. The molecular weight excluding hydrogens is 218 g/mol. The van der Waals surface area contributed by atoms with E-state index in [0.29, 0.717) is 0 Å². The van der Waals surface area contributed by atoms with Gasteiger partial charge < -0.3 is 10.0 Å². The number of unbranched alkanes of at least 4 members (excludes halogenated alkanes) is 1. The van der Waals surface area contributed by atoms with Gasteiger partial charge in [-0.05, 0) is 26.7 Å². The summed E-state index contributed by atoms with van der Waals surface area (Å²) in [7, 11) is 0. The number of carboxylic acid groups (broad SMARTS) is 1. The highest BCUT2D eigenvalue weighted by atomic mass is 16.4. The molecule has 17 heavy (non-hydrogen) atoms. The maximum atomic E-state index is 12.2. The number of rotatable bonds is 8. The van der Waals surface area contributed by atoms with Crippen molar-refractivity contribution in [2.45, 2.75) is 59.4 Å². The average Bonchev–Trinajstić information content (AvgIpc) is 2.26. The van der Waals surface area contributed by atoms with E-state index in [9.17, 15) is 9.59 Å². The summed E-state index contributed by atoms with van der Waals surface area (Å²) in [6, 6.07) is -0.0609. The van der Waals surface area contributed by atoms with E-state index in [-0.39, 0.29) is 24.4 Å². The second-order valence-electron chi connectivity index (χ2n) is 4.70. The number of hydrogen-bond acceptors (Lipinski definition) is 2. The van der Waals surface area contributed by atoms with Crippen molar-refractivity contribution < 1.29 is 14.7 Å². The monoisotopic (exact) mass is 243 g/mol. The molecule has 1 unspecified atom stereocenters. The molecule has 1 amide bonds. The van der Waals surface area contributed by atoms with Crippen LogP contribution in [0.25, 0.3) is 0 Å². The highest BCUT2D eigenvalue weighted by molar-refractivity contribution is 5.83. The Morgan fingerprint density at radius 1 is 1.24 bits per heavy atom. The molecule has 0 aromatic carbocycles. The van der Waals surface area contributed by atoms with E-state index >= 15 is 0 Å². The van der Waals surface area contributed by atoms with Crippen LogP contribution in [0.5, 0.6) is 0 Å². The fraction of sp³-hybridized carbons (Fsp3) is 0.846. The predicted octanol–water partition coefficient (Wildman–Crippen LogP) is 2.52. The molecule has 0 aliphatic heterocycles. The van der Waals surface area contributed by atoms with Crippen molar-refractivity contribution in [3.63, 3.8) is 0 Å². The van der Waals surface area contributed by atoms with Gasteiger partial charge in [-0.1, -0.05) is 26.7 Å². The van der Waals surface area contributed by atoms with Gasteiger partial charge in [0.25, 0.3) is 0 Å².